The van der Waals surface area contributed by atoms with Crippen LogP contribution in [0.4, 0.5) is 4.79 Å². The van der Waals surface area contributed by atoms with Crippen LogP contribution in [0.5, 0.6) is 0 Å². The van der Waals surface area contributed by atoms with E-state index in [-0.39, 0.29) is 19.1 Å². The molecule has 7 nitrogen and oxygen atoms in total. The van der Waals surface area contributed by atoms with Gasteiger partial charge < -0.3 is 20.5 Å². The first-order valence-corrected chi connectivity index (χ1v) is 9.23. The minimum absolute atomic E-state index is 0.0643. The number of hydrogen-bond donors (Lipinski definition) is 3. The first kappa shape index (κ1) is 20.1. The monoisotopic (exact) mass is 394 g/mol. The number of benzene rings is 2. The van der Waals surface area contributed by atoms with Crippen LogP contribution in [0, 0.1) is 0 Å². The summed E-state index contributed by atoms with van der Waals surface area (Å²) in [7, 11) is 0. The molecule has 1 aliphatic rings. The number of fused-ring (bicyclic) bond motifs is 3. The smallest absolute Gasteiger partial charge is 0.407 e. The molecule has 3 N–H and O–H groups in total. The third kappa shape index (κ3) is 4.63. The molecule has 3 rings (SSSR count). The minimum atomic E-state index is -1.38. The number of carbonyl (C=O) groups excluding carboxylic acids is 2. The van der Waals surface area contributed by atoms with Crippen molar-refractivity contribution in [2.75, 3.05) is 13.2 Å². The Kier molecular flexibility index (Phi) is 6.29. The number of nitrogens with one attached hydrogen (secondary N) is 2. The number of hydrogen-bond acceptors (Lipinski definition) is 4. The maximum Gasteiger partial charge on any atom is 0.407 e. The van der Waals surface area contributed by atoms with Crippen molar-refractivity contribution < 1.29 is 24.2 Å². The van der Waals surface area contributed by atoms with Gasteiger partial charge in [-0.25, -0.2) is 9.59 Å². The molecule has 1 aliphatic carbocycles. The molecular formula is C22H22N2O5. The maximum atomic E-state index is 12.2. The van der Waals surface area contributed by atoms with Crippen molar-refractivity contribution in [2.45, 2.75) is 18.4 Å². The van der Waals surface area contributed by atoms with Gasteiger partial charge in [0.1, 0.15) is 12.6 Å². The van der Waals surface area contributed by atoms with Crippen LogP contribution in [-0.4, -0.2) is 42.3 Å². The Morgan fingerprint density at radius 2 is 1.66 bits per heavy atom. The van der Waals surface area contributed by atoms with Gasteiger partial charge in [0, 0.05) is 12.5 Å². The molecule has 0 spiro atoms. The molecule has 0 saturated heterocycles. The van der Waals surface area contributed by atoms with Crippen molar-refractivity contribution in [1.29, 1.82) is 0 Å². The zero-order valence-electron chi connectivity index (χ0n) is 15.8. The Bertz CT molecular complexity index is 895. The fraction of sp³-hybridized carbons (Fsp3) is 0.227. The van der Waals surface area contributed by atoms with Crippen LogP contribution >= 0.6 is 0 Å². The zero-order chi connectivity index (χ0) is 20.8. The molecule has 0 aromatic heterocycles. The number of carboxylic acids is 1. The quantitative estimate of drug-likeness (QED) is 0.597. The molecule has 29 heavy (non-hydrogen) atoms. The van der Waals surface area contributed by atoms with E-state index in [0.717, 1.165) is 22.3 Å². The van der Waals surface area contributed by atoms with Gasteiger partial charge in [-0.1, -0.05) is 54.6 Å². The summed E-state index contributed by atoms with van der Waals surface area (Å²) in [5, 5.41) is 14.0. The summed E-state index contributed by atoms with van der Waals surface area (Å²) in [5.41, 5.74) is 4.30. The molecule has 0 aliphatic heterocycles. The number of rotatable bonds is 8. The van der Waals surface area contributed by atoms with E-state index in [1.54, 1.807) is 0 Å². The van der Waals surface area contributed by atoms with Crippen molar-refractivity contribution in [3.63, 3.8) is 0 Å². The normalized spacial score (nSPS) is 13.0. The highest BCUT2D eigenvalue weighted by Crippen LogP contribution is 2.44. The summed E-state index contributed by atoms with van der Waals surface area (Å²) in [4.78, 5) is 35.3. The van der Waals surface area contributed by atoms with E-state index < -0.39 is 30.4 Å². The summed E-state index contributed by atoms with van der Waals surface area (Å²) in [5.74, 6) is -1.95. The van der Waals surface area contributed by atoms with Crippen molar-refractivity contribution in [1.82, 2.24) is 10.6 Å². The van der Waals surface area contributed by atoms with Gasteiger partial charge in [-0.3, -0.25) is 4.79 Å². The molecular weight excluding hydrogens is 372 g/mol. The van der Waals surface area contributed by atoms with E-state index in [1.807, 2.05) is 48.5 Å². The first-order valence-electron chi connectivity index (χ1n) is 9.23. The first-order chi connectivity index (χ1) is 14.0. The van der Waals surface area contributed by atoms with E-state index in [1.165, 1.54) is 6.08 Å². The van der Waals surface area contributed by atoms with Crippen molar-refractivity contribution >= 4 is 18.0 Å². The van der Waals surface area contributed by atoms with Gasteiger partial charge >= 0.3 is 12.1 Å². The Morgan fingerprint density at radius 3 is 2.21 bits per heavy atom. The van der Waals surface area contributed by atoms with Crippen LogP contribution in [-0.2, 0) is 14.3 Å². The molecule has 0 heterocycles. The average Bonchev–Trinajstić information content (AvgIpc) is 3.04. The molecule has 0 saturated carbocycles. The summed E-state index contributed by atoms with van der Waals surface area (Å²) in [6.07, 6.45) is 0.204. The minimum Gasteiger partial charge on any atom is -0.480 e. The van der Waals surface area contributed by atoms with E-state index in [9.17, 15) is 19.5 Å². The second-order valence-corrected chi connectivity index (χ2v) is 6.66. The molecule has 1 atom stereocenters. The second-order valence-electron chi connectivity index (χ2n) is 6.66. The number of carboxylic acid groups (broad SMARTS) is 1. The third-order valence-electron chi connectivity index (χ3n) is 4.77. The maximum absolute atomic E-state index is 12.2. The third-order valence-corrected chi connectivity index (χ3v) is 4.77. The van der Waals surface area contributed by atoms with Gasteiger partial charge in [-0.15, -0.1) is 6.58 Å². The van der Waals surface area contributed by atoms with Gasteiger partial charge in [0.2, 0.25) is 5.91 Å². The average molecular weight is 394 g/mol. The van der Waals surface area contributed by atoms with Crippen LogP contribution in [0.1, 0.15) is 23.5 Å². The van der Waals surface area contributed by atoms with E-state index >= 15 is 0 Å². The van der Waals surface area contributed by atoms with Crippen LogP contribution in [0.3, 0.4) is 0 Å². The van der Waals surface area contributed by atoms with Gasteiger partial charge in [-0.2, -0.15) is 0 Å². The molecule has 2 aromatic rings. The predicted octanol–water partition coefficient (Wildman–Crippen LogP) is 2.67. The summed E-state index contributed by atoms with van der Waals surface area (Å²) in [6.45, 7) is 3.75. The highest BCUT2D eigenvalue weighted by Gasteiger charge is 2.30. The Hall–Kier alpha value is -3.61. The summed E-state index contributed by atoms with van der Waals surface area (Å²) in [6, 6.07) is 14.4. The van der Waals surface area contributed by atoms with Crippen molar-refractivity contribution in [3.05, 3.63) is 72.3 Å². The lowest BCUT2D eigenvalue weighted by Crippen LogP contribution is -2.44. The van der Waals surface area contributed by atoms with Crippen molar-refractivity contribution in [2.24, 2.45) is 0 Å². The second kappa shape index (κ2) is 9.05. The zero-order valence-corrected chi connectivity index (χ0v) is 15.8. The number of ether oxygens (including phenoxy) is 1. The topological polar surface area (TPSA) is 105 Å². The highest BCUT2D eigenvalue weighted by molar-refractivity contribution is 5.87. The lowest BCUT2D eigenvalue weighted by atomic mass is 9.98. The lowest BCUT2D eigenvalue weighted by molar-refractivity contribution is -0.141. The number of alkyl carbamates (subject to hydrolysis) is 1. The number of aliphatic carboxylic acids is 1. The van der Waals surface area contributed by atoms with Crippen LogP contribution in [0.2, 0.25) is 0 Å². The largest absolute Gasteiger partial charge is 0.480 e. The van der Waals surface area contributed by atoms with E-state index in [4.69, 9.17) is 4.74 Å². The number of amides is 2. The summed E-state index contributed by atoms with van der Waals surface area (Å²) >= 11 is 0. The highest BCUT2D eigenvalue weighted by atomic mass is 16.5. The molecule has 2 amide bonds. The van der Waals surface area contributed by atoms with Crippen LogP contribution < -0.4 is 10.6 Å². The molecule has 7 heteroatoms. The van der Waals surface area contributed by atoms with Gasteiger partial charge in [0.15, 0.2) is 0 Å². The van der Waals surface area contributed by atoms with Gasteiger partial charge in [0.05, 0.1) is 6.42 Å². The Morgan fingerprint density at radius 1 is 1.07 bits per heavy atom. The fourth-order valence-corrected chi connectivity index (χ4v) is 3.43. The van der Waals surface area contributed by atoms with E-state index in [2.05, 4.69) is 17.2 Å². The molecule has 0 unspecified atom stereocenters. The molecule has 0 fully saturated rings. The number of carbonyl (C=O) groups is 3. The van der Waals surface area contributed by atoms with E-state index in [0.29, 0.717) is 0 Å². The standard InChI is InChI=1S/C22H22N2O5/c1-2-11-23-20(25)12-19(21(26)27)24-22(28)29-13-18-16-9-5-3-7-14(16)15-8-4-6-10-17(15)18/h2-10,18-19H,1,11-13H2,(H,23,25)(H,24,28)(H,26,27)/t19-/m1/s1. The van der Waals surface area contributed by atoms with Crippen LogP contribution in [0.15, 0.2) is 61.2 Å². The Labute approximate surface area is 168 Å². The molecule has 0 radical (unpaired) electrons. The Balaban J connectivity index is 1.63. The van der Waals surface area contributed by atoms with Crippen molar-refractivity contribution in [3.8, 4) is 11.1 Å². The molecule has 2 aromatic carbocycles. The molecule has 0 bridgehead atoms. The van der Waals surface area contributed by atoms with Crippen LogP contribution in [0.25, 0.3) is 11.1 Å². The molecule has 150 valence electrons. The SMILES string of the molecule is C=CCNC(=O)C[C@@H](NC(=O)OCC1c2ccccc2-c2ccccc21)C(=O)O. The predicted molar refractivity (Wildman–Crippen MR) is 107 cm³/mol. The summed E-state index contributed by atoms with van der Waals surface area (Å²) < 4.78 is 5.32. The van der Waals surface area contributed by atoms with Gasteiger partial charge in [0.25, 0.3) is 0 Å². The fourth-order valence-electron chi connectivity index (χ4n) is 3.43. The lowest BCUT2D eigenvalue weighted by Gasteiger charge is -2.17. The van der Waals surface area contributed by atoms with Gasteiger partial charge in [-0.05, 0) is 22.3 Å².